The molecule has 104 valence electrons. The third kappa shape index (κ3) is 8.66. The van der Waals surface area contributed by atoms with Crippen molar-refractivity contribution in [1.29, 1.82) is 0 Å². The molecular formula is C12H22N2O4. The molecule has 2 unspecified atom stereocenters. The van der Waals surface area contributed by atoms with Crippen molar-refractivity contribution in [2.24, 2.45) is 10.2 Å². The first-order valence-corrected chi connectivity index (χ1v) is 6.20. The summed E-state index contributed by atoms with van der Waals surface area (Å²) in [6.07, 6.45) is 0.709. The van der Waals surface area contributed by atoms with Gasteiger partial charge < -0.3 is 9.47 Å². The summed E-state index contributed by atoms with van der Waals surface area (Å²) in [7, 11) is 0. The van der Waals surface area contributed by atoms with Crippen molar-refractivity contribution < 1.29 is 19.1 Å². The fourth-order valence-electron chi connectivity index (χ4n) is 0.925. The fourth-order valence-corrected chi connectivity index (χ4v) is 0.925. The Bertz CT molecular complexity index is 264. The van der Waals surface area contributed by atoms with Crippen LogP contribution < -0.4 is 0 Å². The van der Waals surface area contributed by atoms with Crippen LogP contribution in [-0.4, -0.2) is 37.2 Å². The number of rotatable bonds is 8. The van der Waals surface area contributed by atoms with Crippen LogP contribution in [0.1, 0.15) is 40.5 Å². The molecule has 6 nitrogen and oxygen atoms in total. The van der Waals surface area contributed by atoms with Gasteiger partial charge in [0.2, 0.25) is 0 Å². The number of azo groups is 1. The number of ether oxygens (including phenoxy) is 2. The van der Waals surface area contributed by atoms with Gasteiger partial charge in [0.15, 0.2) is 0 Å². The van der Waals surface area contributed by atoms with Gasteiger partial charge in [-0.05, 0) is 13.8 Å². The minimum absolute atomic E-state index is 0.190. The van der Waals surface area contributed by atoms with Crippen molar-refractivity contribution in [1.82, 2.24) is 0 Å². The summed E-state index contributed by atoms with van der Waals surface area (Å²) in [6.45, 7) is 7.51. The van der Waals surface area contributed by atoms with Gasteiger partial charge in [-0.3, -0.25) is 9.59 Å². The Morgan fingerprint density at radius 3 is 1.50 bits per heavy atom. The molecule has 18 heavy (non-hydrogen) atoms. The zero-order chi connectivity index (χ0) is 14.0. The van der Waals surface area contributed by atoms with Crippen molar-refractivity contribution in [3.05, 3.63) is 0 Å². The molecule has 0 aromatic rings. The lowest BCUT2D eigenvalue weighted by Crippen LogP contribution is -2.16. The first kappa shape index (κ1) is 16.5. The molecule has 0 amide bonds. The summed E-state index contributed by atoms with van der Waals surface area (Å²) in [4.78, 5) is 21.8. The van der Waals surface area contributed by atoms with Gasteiger partial charge in [-0.2, -0.15) is 10.2 Å². The molecule has 0 radical (unpaired) electrons. The Morgan fingerprint density at radius 1 is 0.889 bits per heavy atom. The highest BCUT2D eigenvalue weighted by atomic mass is 16.5. The van der Waals surface area contributed by atoms with E-state index in [2.05, 4.69) is 10.2 Å². The van der Waals surface area contributed by atoms with Crippen LogP contribution in [0.4, 0.5) is 0 Å². The van der Waals surface area contributed by atoms with Crippen LogP contribution in [0.5, 0.6) is 0 Å². The van der Waals surface area contributed by atoms with Crippen LogP contribution in [0.15, 0.2) is 10.2 Å². The number of hydrogen-bond donors (Lipinski definition) is 0. The fraction of sp³-hybridized carbons (Fsp3) is 0.833. The lowest BCUT2D eigenvalue weighted by atomic mass is 10.4. The second-order valence-electron chi connectivity index (χ2n) is 4.00. The quantitative estimate of drug-likeness (QED) is 0.493. The minimum atomic E-state index is -0.248. The predicted octanol–water partition coefficient (Wildman–Crippen LogP) is 2.12. The van der Waals surface area contributed by atoms with Gasteiger partial charge in [-0.25, -0.2) is 0 Å². The first-order chi connectivity index (χ1) is 8.49. The molecule has 0 aliphatic carbocycles. The van der Waals surface area contributed by atoms with Crippen LogP contribution in [0.3, 0.4) is 0 Å². The van der Waals surface area contributed by atoms with Gasteiger partial charge in [0, 0.05) is 12.8 Å². The van der Waals surface area contributed by atoms with Crippen molar-refractivity contribution in [3.8, 4) is 0 Å². The van der Waals surface area contributed by atoms with E-state index >= 15 is 0 Å². The van der Waals surface area contributed by atoms with Gasteiger partial charge in [0.1, 0.15) is 25.3 Å². The molecule has 0 bridgehead atoms. The average Bonchev–Trinajstić information content (AvgIpc) is 2.39. The topological polar surface area (TPSA) is 77.3 Å². The van der Waals surface area contributed by atoms with Crippen LogP contribution in [0.25, 0.3) is 0 Å². The molecule has 0 aliphatic rings. The Morgan fingerprint density at radius 2 is 1.22 bits per heavy atom. The lowest BCUT2D eigenvalue weighted by molar-refractivity contribution is -0.144. The summed E-state index contributed by atoms with van der Waals surface area (Å²) >= 11 is 0. The third-order valence-electron chi connectivity index (χ3n) is 2.01. The Balaban J connectivity index is 3.83. The molecule has 0 aliphatic heterocycles. The molecule has 0 N–H and O–H groups in total. The molecule has 0 spiro atoms. The van der Waals surface area contributed by atoms with Crippen molar-refractivity contribution in [2.45, 2.75) is 52.6 Å². The molecule has 0 rings (SSSR count). The van der Waals surface area contributed by atoms with Gasteiger partial charge in [0.05, 0.1) is 0 Å². The standard InChI is InChI=1S/C12H22N2O4/c1-5-11(15)17-7-9(3)13-14-10(4)8-18-12(16)6-2/h9-10H,5-8H2,1-4H3. The number of carbonyl (C=O) groups is 2. The Labute approximate surface area is 108 Å². The maximum atomic E-state index is 10.9. The zero-order valence-electron chi connectivity index (χ0n) is 11.5. The van der Waals surface area contributed by atoms with E-state index in [1.54, 1.807) is 27.7 Å². The van der Waals surface area contributed by atoms with Crippen LogP contribution >= 0.6 is 0 Å². The maximum Gasteiger partial charge on any atom is 0.305 e. The van der Waals surface area contributed by atoms with Crippen LogP contribution in [0.2, 0.25) is 0 Å². The smallest absolute Gasteiger partial charge is 0.305 e. The van der Waals surface area contributed by atoms with Gasteiger partial charge in [-0.15, -0.1) is 0 Å². The van der Waals surface area contributed by atoms with E-state index < -0.39 is 0 Å². The number of nitrogens with zero attached hydrogens (tertiary/aromatic N) is 2. The average molecular weight is 258 g/mol. The third-order valence-corrected chi connectivity index (χ3v) is 2.01. The molecule has 0 saturated heterocycles. The van der Waals surface area contributed by atoms with Crippen LogP contribution in [0, 0.1) is 0 Å². The molecule has 0 fully saturated rings. The predicted molar refractivity (Wildman–Crippen MR) is 66.3 cm³/mol. The summed E-state index contributed by atoms with van der Waals surface area (Å²) in [5, 5.41) is 7.98. The maximum absolute atomic E-state index is 10.9. The Kier molecular flexibility index (Phi) is 8.78. The van der Waals surface area contributed by atoms with E-state index in [0.29, 0.717) is 12.8 Å². The monoisotopic (exact) mass is 258 g/mol. The molecule has 0 aromatic carbocycles. The minimum Gasteiger partial charge on any atom is -0.463 e. The van der Waals surface area contributed by atoms with E-state index in [1.807, 2.05) is 0 Å². The van der Waals surface area contributed by atoms with Crippen LogP contribution in [-0.2, 0) is 19.1 Å². The zero-order valence-corrected chi connectivity index (χ0v) is 11.5. The van der Waals surface area contributed by atoms with E-state index in [-0.39, 0.29) is 37.2 Å². The highest BCUT2D eigenvalue weighted by Gasteiger charge is 2.07. The molecule has 2 atom stereocenters. The van der Waals surface area contributed by atoms with E-state index in [0.717, 1.165) is 0 Å². The molecule has 6 heteroatoms. The van der Waals surface area contributed by atoms with Crippen molar-refractivity contribution >= 4 is 11.9 Å². The van der Waals surface area contributed by atoms with E-state index in [4.69, 9.17) is 9.47 Å². The van der Waals surface area contributed by atoms with Crippen molar-refractivity contribution in [3.63, 3.8) is 0 Å². The first-order valence-electron chi connectivity index (χ1n) is 6.20. The van der Waals surface area contributed by atoms with Gasteiger partial charge in [-0.1, -0.05) is 13.8 Å². The lowest BCUT2D eigenvalue weighted by Gasteiger charge is -2.09. The molecule has 0 aromatic heterocycles. The van der Waals surface area contributed by atoms with Gasteiger partial charge >= 0.3 is 11.9 Å². The number of esters is 2. The normalized spacial score (nSPS) is 14.2. The van der Waals surface area contributed by atoms with Gasteiger partial charge in [0.25, 0.3) is 0 Å². The summed E-state index contributed by atoms with van der Waals surface area (Å²) in [5.74, 6) is -0.496. The number of hydrogen-bond acceptors (Lipinski definition) is 6. The number of carbonyl (C=O) groups excluding carboxylic acids is 2. The second kappa shape index (κ2) is 9.56. The van der Waals surface area contributed by atoms with Crippen molar-refractivity contribution in [2.75, 3.05) is 13.2 Å². The largest absolute Gasteiger partial charge is 0.463 e. The highest BCUT2D eigenvalue weighted by molar-refractivity contribution is 5.69. The molecule has 0 saturated carbocycles. The summed E-state index contributed by atoms with van der Waals surface area (Å²) < 4.78 is 9.85. The molecule has 0 heterocycles. The van der Waals surface area contributed by atoms with E-state index in [9.17, 15) is 9.59 Å². The molecular weight excluding hydrogens is 236 g/mol. The highest BCUT2D eigenvalue weighted by Crippen LogP contribution is 1.99. The summed E-state index contributed by atoms with van der Waals surface area (Å²) in [6, 6.07) is -0.380. The van der Waals surface area contributed by atoms with E-state index in [1.165, 1.54) is 0 Å². The summed E-state index contributed by atoms with van der Waals surface area (Å²) in [5.41, 5.74) is 0. The second-order valence-corrected chi connectivity index (χ2v) is 4.00. The Hall–Kier alpha value is -1.46. The SMILES string of the molecule is CCC(=O)OCC(C)N=NC(C)COC(=O)CC.